The van der Waals surface area contributed by atoms with Gasteiger partial charge in [-0.1, -0.05) is 0 Å². The standard InChI is InChI=1S/C25H23F2N5O3/c1-15-20-13-31(18-6-9-21-16(10-18)12-30(2)29-21)25(33)32(17-4-7-19(34-3)8-5-17)22(20)11-24(28-15)35-14-23(26)27/h4-12,23H,13-14H2,1-3H3/i3D3. The van der Waals surface area contributed by atoms with Gasteiger partial charge >= 0.3 is 6.03 Å². The highest BCUT2D eigenvalue weighted by molar-refractivity contribution is 6.11. The van der Waals surface area contributed by atoms with Crippen molar-refractivity contribution >= 4 is 34.0 Å². The molecule has 180 valence electrons. The molecule has 0 N–H and O–H groups in total. The van der Waals surface area contributed by atoms with Crippen LogP contribution in [0.15, 0.2) is 54.7 Å². The average molecular weight is 483 g/mol. The third kappa shape index (κ3) is 4.23. The molecule has 2 aromatic carbocycles. The largest absolute Gasteiger partial charge is 0.497 e. The van der Waals surface area contributed by atoms with Crippen LogP contribution in [0.2, 0.25) is 0 Å². The molecule has 1 aliphatic rings. The molecule has 1 aliphatic heterocycles. The van der Waals surface area contributed by atoms with Crippen molar-refractivity contribution in [2.24, 2.45) is 7.05 Å². The van der Waals surface area contributed by atoms with E-state index in [2.05, 4.69) is 10.1 Å². The van der Waals surface area contributed by atoms with Crippen LogP contribution in [-0.4, -0.2) is 40.9 Å². The Morgan fingerprint density at radius 3 is 2.66 bits per heavy atom. The summed E-state index contributed by atoms with van der Waals surface area (Å²) in [5, 5.41) is 5.23. The highest BCUT2D eigenvalue weighted by atomic mass is 19.3. The number of nitrogens with zero attached hydrogens (tertiary/aromatic N) is 5. The van der Waals surface area contributed by atoms with Gasteiger partial charge in [0.05, 0.1) is 34.6 Å². The van der Waals surface area contributed by atoms with Gasteiger partial charge in [-0.05, 0) is 49.4 Å². The summed E-state index contributed by atoms with van der Waals surface area (Å²) >= 11 is 0. The van der Waals surface area contributed by atoms with Crippen LogP contribution in [0.5, 0.6) is 11.6 Å². The number of methoxy groups -OCH3 is 1. The molecule has 0 fully saturated rings. The Morgan fingerprint density at radius 2 is 1.91 bits per heavy atom. The number of ether oxygens (including phenoxy) is 2. The van der Waals surface area contributed by atoms with Gasteiger partial charge in [0.15, 0.2) is 6.61 Å². The number of hydrogen-bond donors (Lipinski definition) is 0. The van der Waals surface area contributed by atoms with Gasteiger partial charge in [0, 0.05) is 41.6 Å². The minimum absolute atomic E-state index is 0.0352. The molecule has 35 heavy (non-hydrogen) atoms. The molecule has 0 unspecified atom stereocenters. The molecule has 2 amide bonds. The molecule has 0 aliphatic carbocycles. The topological polar surface area (TPSA) is 72.7 Å². The zero-order chi connectivity index (χ0) is 27.2. The van der Waals surface area contributed by atoms with E-state index in [1.165, 1.54) is 23.1 Å². The maximum Gasteiger partial charge on any atom is 0.333 e. The number of fused-ring (bicyclic) bond motifs is 2. The van der Waals surface area contributed by atoms with Gasteiger partial charge in [-0.15, -0.1) is 0 Å². The number of benzene rings is 2. The lowest BCUT2D eigenvalue weighted by Crippen LogP contribution is -2.45. The van der Waals surface area contributed by atoms with E-state index in [-0.39, 0.29) is 18.2 Å². The SMILES string of the molecule is [2H]C([2H])([2H])Oc1ccc(N2C(=O)N(c3ccc4nn(C)cc4c3)Cc3c2cc(OCC(F)F)nc3C)cc1. The zero-order valence-corrected chi connectivity index (χ0v) is 18.9. The van der Waals surface area contributed by atoms with Gasteiger partial charge in [0.25, 0.3) is 6.43 Å². The van der Waals surface area contributed by atoms with E-state index in [0.717, 1.165) is 10.9 Å². The van der Waals surface area contributed by atoms with Crippen LogP contribution in [0.4, 0.5) is 30.6 Å². The smallest absolute Gasteiger partial charge is 0.333 e. The highest BCUT2D eigenvalue weighted by Crippen LogP contribution is 2.40. The second-order valence-electron chi connectivity index (χ2n) is 8.09. The summed E-state index contributed by atoms with van der Waals surface area (Å²) in [7, 11) is -0.817. The molecule has 0 atom stereocenters. The lowest BCUT2D eigenvalue weighted by Gasteiger charge is -2.37. The number of amides is 2. The third-order valence-corrected chi connectivity index (χ3v) is 5.75. The quantitative estimate of drug-likeness (QED) is 0.377. The van der Waals surface area contributed by atoms with Crippen LogP contribution >= 0.6 is 0 Å². The summed E-state index contributed by atoms with van der Waals surface area (Å²) in [6.07, 6.45) is -0.836. The van der Waals surface area contributed by atoms with E-state index in [9.17, 15) is 13.6 Å². The van der Waals surface area contributed by atoms with Crippen molar-refractivity contribution in [2.75, 3.05) is 23.4 Å². The van der Waals surface area contributed by atoms with Gasteiger partial charge in [-0.2, -0.15) is 5.10 Å². The van der Waals surface area contributed by atoms with Crippen molar-refractivity contribution in [3.63, 3.8) is 0 Å². The van der Waals surface area contributed by atoms with Gasteiger partial charge in [-0.3, -0.25) is 14.5 Å². The highest BCUT2D eigenvalue weighted by Gasteiger charge is 2.34. The van der Waals surface area contributed by atoms with Crippen LogP contribution in [0.25, 0.3) is 10.9 Å². The minimum atomic E-state index is -2.69. The van der Waals surface area contributed by atoms with Crippen molar-refractivity contribution in [1.29, 1.82) is 0 Å². The normalized spacial score (nSPS) is 15.1. The van der Waals surface area contributed by atoms with Crippen LogP contribution < -0.4 is 19.3 Å². The molecule has 0 radical (unpaired) electrons. The Bertz CT molecular complexity index is 1510. The van der Waals surface area contributed by atoms with E-state index in [4.69, 9.17) is 13.6 Å². The number of halogens is 2. The van der Waals surface area contributed by atoms with Crippen LogP contribution in [0.1, 0.15) is 15.4 Å². The van der Waals surface area contributed by atoms with Crippen molar-refractivity contribution in [3.8, 4) is 11.6 Å². The number of carbonyl (C=O) groups excluding carboxylic acids is 1. The molecule has 0 saturated heterocycles. The van der Waals surface area contributed by atoms with Crippen LogP contribution in [0.3, 0.4) is 0 Å². The number of alkyl halides is 2. The fraction of sp³-hybridized carbons (Fsp3) is 0.240. The van der Waals surface area contributed by atoms with Crippen molar-refractivity contribution < 1.29 is 27.2 Å². The Hall–Kier alpha value is -4.21. The Morgan fingerprint density at radius 1 is 1.14 bits per heavy atom. The van der Waals surface area contributed by atoms with Gasteiger partial charge in [0.2, 0.25) is 5.88 Å². The Labute approximate surface area is 204 Å². The van der Waals surface area contributed by atoms with E-state index < -0.39 is 26.1 Å². The predicted molar refractivity (Wildman–Crippen MR) is 128 cm³/mol. The molecule has 8 nitrogen and oxygen atoms in total. The first kappa shape index (κ1) is 19.1. The number of pyridine rings is 1. The summed E-state index contributed by atoms with van der Waals surface area (Å²) in [6.45, 7) is 1.07. The number of aryl methyl sites for hydroxylation is 2. The second kappa shape index (κ2) is 8.86. The minimum Gasteiger partial charge on any atom is -0.497 e. The molecular formula is C25H23F2N5O3. The number of urea groups is 1. The van der Waals surface area contributed by atoms with Crippen LogP contribution in [0, 0.1) is 6.92 Å². The number of hydrogen-bond acceptors (Lipinski definition) is 5. The van der Waals surface area contributed by atoms with E-state index in [1.54, 1.807) is 34.7 Å². The molecule has 2 aromatic heterocycles. The predicted octanol–water partition coefficient (Wildman–Crippen LogP) is 5.21. The molecular weight excluding hydrogens is 456 g/mol. The molecule has 0 bridgehead atoms. The second-order valence-corrected chi connectivity index (χ2v) is 8.09. The number of rotatable bonds is 6. The average Bonchev–Trinajstić information content (AvgIpc) is 3.21. The van der Waals surface area contributed by atoms with Crippen molar-refractivity contribution in [1.82, 2.24) is 14.8 Å². The maximum absolute atomic E-state index is 14.0. The summed E-state index contributed by atoms with van der Waals surface area (Å²) in [5.41, 5.74) is 3.45. The molecule has 5 rings (SSSR count). The Kier molecular flexibility index (Phi) is 4.84. The first-order valence-electron chi connectivity index (χ1n) is 12.2. The lowest BCUT2D eigenvalue weighted by atomic mass is 10.1. The first-order valence-corrected chi connectivity index (χ1v) is 10.7. The summed E-state index contributed by atoms with van der Waals surface area (Å²) in [6, 6.07) is 12.5. The zero-order valence-electron chi connectivity index (χ0n) is 21.9. The van der Waals surface area contributed by atoms with E-state index >= 15 is 0 Å². The lowest BCUT2D eigenvalue weighted by molar-refractivity contribution is 0.0795. The van der Waals surface area contributed by atoms with Crippen molar-refractivity contribution in [3.05, 3.63) is 66.0 Å². The van der Waals surface area contributed by atoms with E-state index in [1.807, 2.05) is 25.4 Å². The fourth-order valence-electron chi connectivity index (χ4n) is 4.14. The molecule has 0 saturated carbocycles. The number of anilines is 3. The summed E-state index contributed by atoms with van der Waals surface area (Å²) < 4.78 is 59.3. The van der Waals surface area contributed by atoms with Gasteiger partial charge in [-0.25, -0.2) is 18.6 Å². The summed E-state index contributed by atoms with van der Waals surface area (Å²) in [4.78, 5) is 21.3. The molecule has 0 spiro atoms. The van der Waals surface area contributed by atoms with Crippen molar-refractivity contribution in [2.45, 2.75) is 19.9 Å². The molecule has 4 aromatic rings. The summed E-state index contributed by atoms with van der Waals surface area (Å²) in [5.74, 6) is 0.0658. The van der Waals surface area contributed by atoms with E-state index in [0.29, 0.717) is 28.3 Å². The molecule has 3 heterocycles. The third-order valence-electron chi connectivity index (χ3n) is 5.75. The fourth-order valence-corrected chi connectivity index (χ4v) is 4.14. The maximum atomic E-state index is 14.0. The Balaban J connectivity index is 1.59. The van der Waals surface area contributed by atoms with Gasteiger partial charge < -0.3 is 9.47 Å². The number of carbonyl (C=O) groups is 1. The number of aromatic nitrogens is 3. The van der Waals surface area contributed by atoms with Gasteiger partial charge in [0.1, 0.15) is 5.75 Å². The first-order chi connectivity index (χ1) is 18.0. The monoisotopic (exact) mass is 482 g/mol. The van der Waals surface area contributed by atoms with Crippen LogP contribution in [-0.2, 0) is 13.6 Å². The molecule has 10 heteroatoms.